The number of aromatic nitrogens is 4. The first kappa shape index (κ1) is 36.6. The van der Waals surface area contributed by atoms with E-state index in [0.29, 0.717) is 34.3 Å². The van der Waals surface area contributed by atoms with E-state index < -0.39 is 12.0 Å². The molecule has 3 aromatic rings. The minimum Gasteiger partial charge on any atom is -0.478 e. The average Bonchev–Trinajstić information content (AvgIpc) is 3.57. The van der Waals surface area contributed by atoms with Gasteiger partial charge < -0.3 is 10.0 Å². The highest BCUT2D eigenvalue weighted by Gasteiger charge is 2.28. The largest absolute Gasteiger partial charge is 0.478 e. The van der Waals surface area contributed by atoms with Crippen LogP contribution in [0.3, 0.4) is 0 Å². The summed E-state index contributed by atoms with van der Waals surface area (Å²) in [6.07, 6.45) is 25.2. The fourth-order valence-electron chi connectivity index (χ4n) is 6.16. The van der Waals surface area contributed by atoms with Crippen molar-refractivity contribution in [1.29, 1.82) is 0 Å². The number of anilines is 1. The standard InChI is InChI=1S/C36H56ClN5O3/c1-4-5-6-7-8-9-10-11-12-13-14-15-16-17-18-19-20-21-22-26-32(43)41(31-25-23-24-30(27-31)36(44)45)29(3)34-38-39-35-33(37)28(2)40-42(34)35/h23-25,27,29,39H,4-22,26H2,1-3H3,(H,44,45). The highest BCUT2D eigenvalue weighted by Crippen LogP contribution is 2.30. The number of fused-ring (bicyclic) bond motifs is 1. The number of unbranched alkanes of at least 4 members (excludes halogenated alkanes) is 18. The van der Waals surface area contributed by atoms with Gasteiger partial charge in [-0.1, -0.05) is 140 Å². The summed E-state index contributed by atoms with van der Waals surface area (Å²) in [6.45, 7) is 5.97. The zero-order valence-corrected chi connectivity index (χ0v) is 28.7. The minimum absolute atomic E-state index is 0.0665. The molecule has 2 N–H and O–H groups in total. The molecule has 1 amide bonds. The number of carboxylic acids is 1. The summed E-state index contributed by atoms with van der Waals surface area (Å²) in [5, 5.41) is 21.9. The SMILES string of the molecule is CCCCCCCCCCCCCCCCCCCCCC(=O)N(c1cccc(C(=O)O)c1)C(C)c1n[nH]c2c(Cl)c(C)nn12. The Hall–Kier alpha value is -2.87. The molecule has 250 valence electrons. The van der Waals surface area contributed by atoms with E-state index in [1.54, 1.807) is 27.6 Å². The van der Waals surface area contributed by atoms with Gasteiger partial charge in [0.25, 0.3) is 0 Å². The van der Waals surface area contributed by atoms with Crippen LogP contribution in [0.25, 0.3) is 5.65 Å². The molecular formula is C36H56ClN5O3. The van der Waals surface area contributed by atoms with E-state index in [1.165, 1.54) is 109 Å². The van der Waals surface area contributed by atoms with Crippen LogP contribution in [-0.2, 0) is 4.79 Å². The van der Waals surface area contributed by atoms with Crippen LogP contribution in [0.15, 0.2) is 24.3 Å². The summed E-state index contributed by atoms with van der Waals surface area (Å²) in [4.78, 5) is 26.9. The van der Waals surface area contributed by atoms with Crippen LogP contribution in [0.2, 0.25) is 5.02 Å². The van der Waals surface area contributed by atoms with E-state index in [9.17, 15) is 14.7 Å². The van der Waals surface area contributed by atoms with Crippen molar-refractivity contribution in [2.24, 2.45) is 0 Å². The zero-order valence-electron chi connectivity index (χ0n) is 28.0. The Kier molecular flexibility index (Phi) is 16.5. The van der Waals surface area contributed by atoms with E-state index >= 15 is 0 Å². The van der Waals surface area contributed by atoms with Crippen molar-refractivity contribution in [2.75, 3.05) is 4.90 Å². The van der Waals surface area contributed by atoms with E-state index in [-0.39, 0.29) is 11.5 Å². The van der Waals surface area contributed by atoms with Crippen molar-refractivity contribution in [3.05, 3.63) is 46.4 Å². The van der Waals surface area contributed by atoms with E-state index in [2.05, 4.69) is 22.2 Å². The van der Waals surface area contributed by atoms with Gasteiger partial charge >= 0.3 is 5.97 Å². The average molecular weight is 642 g/mol. The topological polar surface area (TPSA) is 104 Å². The van der Waals surface area contributed by atoms with Crippen molar-refractivity contribution in [3.8, 4) is 0 Å². The predicted molar refractivity (Wildman–Crippen MR) is 184 cm³/mol. The summed E-state index contributed by atoms with van der Waals surface area (Å²) < 4.78 is 1.63. The van der Waals surface area contributed by atoms with Gasteiger partial charge in [0, 0.05) is 12.1 Å². The lowest BCUT2D eigenvalue weighted by molar-refractivity contribution is -0.119. The van der Waals surface area contributed by atoms with Crippen molar-refractivity contribution in [2.45, 2.75) is 155 Å². The van der Waals surface area contributed by atoms with Crippen LogP contribution in [-0.4, -0.2) is 36.8 Å². The van der Waals surface area contributed by atoms with Crippen LogP contribution in [0, 0.1) is 6.92 Å². The predicted octanol–water partition coefficient (Wildman–Crippen LogP) is 10.6. The second-order valence-corrected chi connectivity index (χ2v) is 13.0. The van der Waals surface area contributed by atoms with Gasteiger partial charge in [-0.25, -0.2) is 4.79 Å². The number of H-pyrrole nitrogens is 1. The molecule has 0 spiro atoms. The third kappa shape index (κ3) is 11.8. The van der Waals surface area contributed by atoms with Crippen molar-refractivity contribution in [1.82, 2.24) is 19.8 Å². The molecule has 2 aromatic heterocycles. The third-order valence-electron chi connectivity index (χ3n) is 8.88. The van der Waals surface area contributed by atoms with Crippen LogP contribution >= 0.6 is 11.6 Å². The number of nitrogens with one attached hydrogen (secondary N) is 1. The molecule has 8 nitrogen and oxygen atoms in total. The summed E-state index contributed by atoms with van der Waals surface area (Å²) >= 11 is 6.37. The number of carbonyl (C=O) groups is 2. The Morgan fingerprint density at radius 1 is 0.867 bits per heavy atom. The molecule has 0 aliphatic carbocycles. The molecule has 3 rings (SSSR count). The quantitative estimate of drug-likeness (QED) is 0.0947. The maximum Gasteiger partial charge on any atom is 0.335 e. The molecular weight excluding hydrogens is 586 g/mol. The number of rotatable bonds is 24. The number of carbonyl (C=O) groups excluding carboxylic acids is 1. The lowest BCUT2D eigenvalue weighted by atomic mass is 10.0. The summed E-state index contributed by atoms with van der Waals surface area (Å²) in [5.41, 5.74) is 1.89. The molecule has 0 saturated heterocycles. The Morgan fingerprint density at radius 2 is 1.38 bits per heavy atom. The number of nitrogens with zero attached hydrogens (tertiary/aromatic N) is 4. The molecule has 1 atom stereocenters. The number of aromatic carboxylic acids is 1. The van der Waals surface area contributed by atoms with Gasteiger partial charge in [-0.15, -0.1) is 0 Å². The normalized spacial score (nSPS) is 12.2. The maximum absolute atomic E-state index is 13.6. The molecule has 0 bridgehead atoms. The van der Waals surface area contributed by atoms with Crippen LogP contribution < -0.4 is 4.90 Å². The second kappa shape index (κ2) is 20.3. The lowest BCUT2D eigenvalue weighted by Crippen LogP contribution is -2.34. The maximum atomic E-state index is 13.6. The highest BCUT2D eigenvalue weighted by atomic mass is 35.5. The van der Waals surface area contributed by atoms with Crippen molar-refractivity contribution >= 4 is 34.8 Å². The van der Waals surface area contributed by atoms with Gasteiger partial charge in [-0.2, -0.15) is 14.7 Å². The number of hydrogen-bond acceptors (Lipinski definition) is 4. The molecule has 0 aliphatic heterocycles. The Labute approximate surface area is 275 Å². The first-order valence-electron chi connectivity index (χ1n) is 17.6. The molecule has 45 heavy (non-hydrogen) atoms. The fraction of sp³-hybridized carbons (Fsp3) is 0.667. The highest BCUT2D eigenvalue weighted by molar-refractivity contribution is 6.34. The van der Waals surface area contributed by atoms with Gasteiger partial charge in [0.15, 0.2) is 11.5 Å². The number of aryl methyl sites for hydroxylation is 1. The second-order valence-electron chi connectivity index (χ2n) is 12.7. The van der Waals surface area contributed by atoms with E-state index in [0.717, 1.165) is 19.3 Å². The number of carboxylic acid groups (broad SMARTS) is 1. The molecule has 1 aromatic carbocycles. The van der Waals surface area contributed by atoms with Gasteiger partial charge in [-0.3, -0.25) is 9.89 Å². The molecule has 0 aliphatic rings. The number of halogens is 1. The summed E-state index contributed by atoms with van der Waals surface area (Å²) in [6, 6.07) is 6.01. The number of aromatic amines is 1. The number of benzene rings is 1. The minimum atomic E-state index is -1.03. The van der Waals surface area contributed by atoms with E-state index in [4.69, 9.17) is 11.6 Å². The Morgan fingerprint density at radius 3 is 1.89 bits per heavy atom. The number of hydrogen-bond donors (Lipinski definition) is 2. The molecule has 2 heterocycles. The Balaban J connectivity index is 1.35. The lowest BCUT2D eigenvalue weighted by Gasteiger charge is -2.28. The molecule has 1 unspecified atom stereocenters. The van der Waals surface area contributed by atoms with Crippen molar-refractivity contribution < 1.29 is 14.7 Å². The third-order valence-corrected chi connectivity index (χ3v) is 9.33. The van der Waals surface area contributed by atoms with Gasteiger partial charge in [-0.05, 0) is 38.5 Å². The van der Waals surface area contributed by atoms with Crippen LogP contribution in [0.4, 0.5) is 5.69 Å². The van der Waals surface area contributed by atoms with Gasteiger partial charge in [0.1, 0.15) is 5.02 Å². The smallest absolute Gasteiger partial charge is 0.335 e. The van der Waals surface area contributed by atoms with Crippen LogP contribution in [0.1, 0.15) is 170 Å². The van der Waals surface area contributed by atoms with Crippen LogP contribution in [0.5, 0.6) is 0 Å². The van der Waals surface area contributed by atoms with Crippen molar-refractivity contribution in [3.63, 3.8) is 0 Å². The summed E-state index contributed by atoms with van der Waals surface area (Å²) in [5.74, 6) is -0.572. The molecule has 0 fully saturated rings. The first-order valence-corrected chi connectivity index (χ1v) is 18.0. The zero-order chi connectivity index (χ0) is 32.4. The summed E-state index contributed by atoms with van der Waals surface area (Å²) in [7, 11) is 0. The number of amides is 1. The Bertz CT molecular complexity index is 1300. The van der Waals surface area contributed by atoms with Gasteiger partial charge in [0.2, 0.25) is 5.91 Å². The van der Waals surface area contributed by atoms with E-state index in [1.807, 2.05) is 13.8 Å². The first-order chi connectivity index (χ1) is 21.8. The molecule has 9 heteroatoms. The molecule has 0 saturated carbocycles. The fourth-order valence-corrected chi connectivity index (χ4v) is 6.32. The molecule has 0 radical (unpaired) electrons. The van der Waals surface area contributed by atoms with Gasteiger partial charge in [0.05, 0.1) is 17.3 Å². The monoisotopic (exact) mass is 641 g/mol.